The van der Waals surface area contributed by atoms with Crippen molar-refractivity contribution in [1.29, 1.82) is 0 Å². The zero-order chi connectivity index (χ0) is 33.7. The lowest BCUT2D eigenvalue weighted by Gasteiger charge is -2.24. The molecule has 0 bridgehead atoms. The van der Waals surface area contributed by atoms with Gasteiger partial charge in [-0.3, -0.25) is 18.6 Å². The number of esters is 2. The van der Waals surface area contributed by atoms with E-state index in [1.807, 2.05) is 21.1 Å². The van der Waals surface area contributed by atoms with Gasteiger partial charge in [-0.1, -0.05) is 109 Å². The van der Waals surface area contributed by atoms with Gasteiger partial charge in [-0.2, -0.15) is 0 Å². The number of quaternary nitrogens is 1. The maximum absolute atomic E-state index is 12.5. The van der Waals surface area contributed by atoms with Gasteiger partial charge in [-0.15, -0.1) is 0 Å². The van der Waals surface area contributed by atoms with Gasteiger partial charge in [0.05, 0.1) is 27.7 Å². The van der Waals surface area contributed by atoms with Crippen LogP contribution < -0.4 is 0 Å². The predicted molar refractivity (Wildman–Crippen MR) is 183 cm³/mol. The Balaban J connectivity index is 4.40. The quantitative estimate of drug-likeness (QED) is 0.0250. The van der Waals surface area contributed by atoms with Crippen molar-refractivity contribution in [2.24, 2.45) is 0 Å². The van der Waals surface area contributed by atoms with E-state index in [4.69, 9.17) is 18.5 Å². The SMILES string of the molecule is CCCCCCCC/C=C/CCCCCCCC(=O)O[C@@H](COC(=O)CCCCCCCC)COP(=O)(O)OCC[N+](C)(C)C. The van der Waals surface area contributed by atoms with Gasteiger partial charge >= 0.3 is 19.8 Å². The standard InChI is InChI=1S/C35H68NO8P/c1-6-8-10-12-14-15-16-17-18-19-20-21-22-24-26-28-35(38)44-33(31-41-34(37)27-25-23-13-11-9-7-2)32-43-45(39,40)42-30-29-36(3,4)5/h17-18,33H,6-16,19-32H2,1-5H3/p+1/b18-17+/t33-/m0/s1. The normalized spacial score (nSPS) is 14.0. The molecule has 0 saturated heterocycles. The van der Waals surface area contributed by atoms with E-state index < -0.39 is 26.5 Å². The van der Waals surface area contributed by atoms with Crippen LogP contribution in [-0.2, 0) is 32.7 Å². The molecular weight excluding hydrogens is 593 g/mol. The number of carbonyl (C=O) groups excluding carboxylic acids is 2. The van der Waals surface area contributed by atoms with Crippen LogP contribution in [0.3, 0.4) is 0 Å². The van der Waals surface area contributed by atoms with Crippen LogP contribution in [0.15, 0.2) is 12.2 Å². The number of hydrogen-bond acceptors (Lipinski definition) is 7. The van der Waals surface area contributed by atoms with Crippen molar-refractivity contribution < 1.29 is 42.1 Å². The molecule has 0 amide bonds. The highest BCUT2D eigenvalue weighted by Crippen LogP contribution is 2.43. The van der Waals surface area contributed by atoms with Crippen molar-refractivity contribution in [3.63, 3.8) is 0 Å². The van der Waals surface area contributed by atoms with Crippen molar-refractivity contribution in [1.82, 2.24) is 0 Å². The number of allylic oxidation sites excluding steroid dienone is 2. The maximum atomic E-state index is 12.5. The first kappa shape index (κ1) is 43.8. The third-order valence-corrected chi connectivity index (χ3v) is 8.53. The summed E-state index contributed by atoms with van der Waals surface area (Å²) in [5.74, 6) is -0.818. The second-order valence-corrected chi connectivity index (χ2v) is 14.7. The van der Waals surface area contributed by atoms with Crippen molar-refractivity contribution in [2.75, 3.05) is 47.5 Å². The Morgan fingerprint density at radius 3 is 1.64 bits per heavy atom. The minimum atomic E-state index is -4.35. The summed E-state index contributed by atoms with van der Waals surface area (Å²) in [6.45, 7) is 4.32. The van der Waals surface area contributed by atoms with E-state index in [1.54, 1.807) is 0 Å². The Kier molecular flexibility index (Phi) is 28.1. The molecule has 0 fully saturated rings. The number of phosphoric acid groups is 1. The highest BCUT2D eigenvalue weighted by atomic mass is 31.2. The van der Waals surface area contributed by atoms with Gasteiger partial charge in [0, 0.05) is 12.8 Å². The predicted octanol–water partition coefficient (Wildman–Crippen LogP) is 9.07. The van der Waals surface area contributed by atoms with Crippen LogP contribution >= 0.6 is 7.82 Å². The smallest absolute Gasteiger partial charge is 0.462 e. The minimum Gasteiger partial charge on any atom is -0.462 e. The van der Waals surface area contributed by atoms with Crippen LogP contribution in [0, 0.1) is 0 Å². The Hall–Kier alpha value is -1.25. The van der Waals surface area contributed by atoms with E-state index >= 15 is 0 Å². The topological polar surface area (TPSA) is 108 Å². The fraction of sp³-hybridized carbons (Fsp3) is 0.886. The zero-order valence-electron chi connectivity index (χ0n) is 29.6. The summed E-state index contributed by atoms with van der Waals surface area (Å²) in [5, 5.41) is 0. The second kappa shape index (κ2) is 28.9. The molecule has 0 aromatic heterocycles. The van der Waals surface area contributed by atoms with Crippen LogP contribution in [0.5, 0.6) is 0 Å². The molecule has 266 valence electrons. The number of carbonyl (C=O) groups is 2. The number of phosphoric ester groups is 1. The average Bonchev–Trinajstić information content (AvgIpc) is 2.97. The molecule has 1 N–H and O–H groups in total. The first-order chi connectivity index (χ1) is 21.5. The summed E-state index contributed by atoms with van der Waals surface area (Å²) in [6, 6.07) is 0. The lowest BCUT2D eigenvalue weighted by molar-refractivity contribution is -0.870. The van der Waals surface area contributed by atoms with Crippen LogP contribution in [0.2, 0.25) is 0 Å². The molecule has 2 atom stereocenters. The summed E-state index contributed by atoms with van der Waals surface area (Å²) >= 11 is 0. The Morgan fingerprint density at radius 1 is 0.667 bits per heavy atom. The fourth-order valence-electron chi connectivity index (χ4n) is 4.65. The average molecular weight is 663 g/mol. The number of likely N-dealkylation sites (N-methyl/N-ethyl adjacent to an activating group) is 1. The molecule has 0 rings (SSSR count). The molecule has 0 saturated carbocycles. The van der Waals surface area contributed by atoms with Gasteiger partial charge < -0.3 is 18.9 Å². The van der Waals surface area contributed by atoms with E-state index in [0.717, 1.165) is 57.8 Å². The van der Waals surface area contributed by atoms with Crippen molar-refractivity contribution in [3.05, 3.63) is 12.2 Å². The molecule has 0 aromatic rings. The van der Waals surface area contributed by atoms with Gasteiger partial charge in [0.2, 0.25) is 0 Å². The van der Waals surface area contributed by atoms with E-state index in [9.17, 15) is 19.0 Å². The Bertz CT molecular complexity index is 799. The molecule has 0 aliphatic heterocycles. The highest BCUT2D eigenvalue weighted by Gasteiger charge is 2.27. The van der Waals surface area contributed by atoms with Crippen molar-refractivity contribution >= 4 is 19.8 Å². The lowest BCUT2D eigenvalue weighted by Crippen LogP contribution is -2.37. The van der Waals surface area contributed by atoms with Gasteiger partial charge in [-0.25, -0.2) is 4.57 Å². The van der Waals surface area contributed by atoms with Gasteiger partial charge in [-0.05, 0) is 38.5 Å². The molecule has 9 nitrogen and oxygen atoms in total. The summed E-state index contributed by atoms with van der Waals surface area (Å²) in [7, 11) is 1.47. The number of rotatable bonds is 32. The summed E-state index contributed by atoms with van der Waals surface area (Å²) in [6.07, 6.45) is 25.7. The third kappa shape index (κ3) is 32.5. The first-order valence-corrected chi connectivity index (χ1v) is 19.4. The monoisotopic (exact) mass is 662 g/mol. The minimum absolute atomic E-state index is 0.0322. The number of nitrogens with zero attached hydrogens (tertiary/aromatic N) is 1. The summed E-state index contributed by atoms with van der Waals surface area (Å²) < 4.78 is 33.9. The van der Waals surface area contributed by atoms with Crippen LogP contribution in [0.4, 0.5) is 0 Å². The first-order valence-electron chi connectivity index (χ1n) is 17.9. The lowest BCUT2D eigenvalue weighted by atomic mass is 10.1. The van der Waals surface area contributed by atoms with E-state index in [-0.39, 0.29) is 32.0 Å². The van der Waals surface area contributed by atoms with E-state index in [0.29, 0.717) is 17.4 Å². The molecule has 10 heteroatoms. The molecule has 45 heavy (non-hydrogen) atoms. The van der Waals surface area contributed by atoms with Gasteiger partial charge in [0.15, 0.2) is 6.10 Å². The molecule has 0 radical (unpaired) electrons. The largest absolute Gasteiger partial charge is 0.472 e. The van der Waals surface area contributed by atoms with Gasteiger partial charge in [0.1, 0.15) is 19.8 Å². The number of hydrogen-bond donors (Lipinski definition) is 1. The molecular formula is C35H69NO8P+. The third-order valence-electron chi connectivity index (χ3n) is 7.55. The molecule has 1 unspecified atom stereocenters. The molecule has 0 aliphatic carbocycles. The van der Waals surface area contributed by atoms with E-state index in [2.05, 4.69) is 26.0 Å². The molecule has 0 heterocycles. The number of unbranched alkanes of at least 4 members (excludes halogenated alkanes) is 16. The Morgan fingerprint density at radius 2 is 1.13 bits per heavy atom. The second-order valence-electron chi connectivity index (χ2n) is 13.3. The summed E-state index contributed by atoms with van der Waals surface area (Å²) in [5.41, 5.74) is 0. The van der Waals surface area contributed by atoms with E-state index in [1.165, 1.54) is 57.8 Å². The van der Waals surface area contributed by atoms with Crippen molar-refractivity contribution in [2.45, 2.75) is 155 Å². The fourth-order valence-corrected chi connectivity index (χ4v) is 5.39. The van der Waals surface area contributed by atoms with Crippen LogP contribution in [0.25, 0.3) is 0 Å². The highest BCUT2D eigenvalue weighted by molar-refractivity contribution is 7.47. The Labute approximate surface area is 276 Å². The van der Waals surface area contributed by atoms with Crippen LogP contribution in [-0.4, -0.2) is 74.9 Å². The van der Waals surface area contributed by atoms with Gasteiger partial charge in [0.25, 0.3) is 0 Å². The van der Waals surface area contributed by atoms with Crippen molar-refractivity contribution in [3.8, 4) is 0 Å². The molecule has 0 aromatic carbocycles. The number of ether oxygens (including phenoxy) is 2. The maximum Gasteiger partial charge on any atom is 0.472 e. The summed E-state index contributed by atoms with van der Waals surface area (Å²) in [4.78, 5) is 34.9. The van der Waals surface area contributed by atoms with Crippen LogP contribution in [0.1, 0.15) is 149 Å². The molecule has 0 aliphatic rings. The molecule has 0 spiro atoms. The zero-order valence-corrected chi connectivity index (χ0v) is 30.5.